The van der Waals surface area contributed by atoms with Crippen molar-refractivity contribution in [3.63, 3.8) is 0 Å². The topological polar surface area (TPSA) is 50.1 Å². The molecule has 0 spiro atoms. The Balaban J connectivity index is 1.64. The first-order chi connectivity index (χ1) is 9.11. The molecule has 106 valence electrons. The van der Waals surface area contributed by atoms with Gasteiger partial charge < -0.3 is 23.4 Å². The Bertz CT molecular complexity index is 417. The maximum absolute atomic E-state index is 5.98. The van der Waals surface area contributed by atoms with Crippen LogP contribution in [0.25, 0.3) is 0 Å². The van der Waals surface area contributed by atoms with Crippen LogP contribution in [0, 0.1) is 0 Å². The first-order valence-electron chi connectivity index (χ1n) is 6.75. The second kappa shape index (κ2) is 4.90. The van der Waals surface area contributed by atoms with E-state index >= 15 is 0 Å². The summed E-state index contributed by atoms with van der Waals surface area (Å²) in [6.07, 6.45) is 3.46. The molecule has 0 bridgehead atoms. The van der Waals surface area contributed by atoms with Crippen molar-refractivity contribution in [2.24, 2.45) is 0 Å². The summed E-state index contributed by atoms with van der Waals surface area (Å²) in [7, 11) is 0. The Morgan fingerprint density at radius 1 is 1.37 bits per heavy atom. The molecule has 5 nitrogen and oxygen atoms in total. The SMILES string of the molecule is CCC1(C)O[C@H]2O[C@H](C)[C@H](OCc3ccoc3)[C@H]2O1. The molecule has 0 saturated carbocycles. The van der Waals surface area contributed by atoms with E-state index in [2.05, 4.69) is 0 Å². The van der Waals surface area contributed by atoms with Crippen molar-refractivity contribution in [3.05, 3.63) is 24.2 Å². The summed E-state index contributed by atoms with van der Waals surface area (Å²) < 4.78 is 28.5. The molecule has 5 heteroatoms. The van der Waals surface area contributed by atoms with Gasteiger partial charge in [0.15, 0.2) is 12.1 Å². The number of hydrogen-bond donors (Lipinski definition) is 0. The molecule has 1 unspecified atom stereocenters. The van der Waals surface area contributed by atoms with Crippen molar-refractivity contribution in [2.75, 3.05) is 0 Å². The molecule has 0 aliphatic carbocycles. The number of rotatable bonds is 4. The van der Waals surface area contributed by atoms with E-state index in [1.165, 1.54) is 0 Å². The van der Waals surface area contributed by atoms with Gasteiger partial charge in [-0.1, -0.05) is 6.92 Å². The molecule has 2 aliphatic heterocycles. The van der Waals surface area contributed by atoms with Crippen molar-refractivity contribution in [3.8, 4) is 0 Å². The third-order valence-electron chi connectivity index (χ3n) is 3.82. The van der Waals surface area contributed by atoms with E-state index in [4.69, 9.17) is 23.4 Å². The van der Waals surface area contributed by atoms with Crippen LogP contribution < -0.4 is 0 Å². The van der Waals surface area contributed by atoms with Crippen LogP contribution in [0.4, 0.5) is 0 Å². The van der Waals surface area contributed by atoms with Gasteiger partial charge in [0.2, 0.25) is 0 Å². The fraction of sp³-hybridized carbons (Fsp3) is 0.714. The van der Waals surface area contributed by atoms with Gasteiger partial charge in [-0.2, -0.15) is 0 Å². The predicted molar refractivity (Wildman–Crippen MR) is 66.3 cm³/mol. The van der Waals surface area contributed by atoms with Gasteiger partial charge in [0.1, 0.15) is 12.2 Å². The van der Waals surface area contributed by atoms with Gasteiger partial charge in [-0.15, -0.1) is 0 Å². The Kier molecular flexibility index (Phi) is 3.39. The van der Waals surface area contributed by atoms with Gasteiger partial charge in [0.05, 0.1) is 25.2 Å². The fourth-order valence-corrected chi connectivity index (χ4v) is 2.53. The van der Waals surface area contributed by atoms with E-state index in [-0.39, 0.29) is 24.6 Å². The average molecular weight is 268 g/mol. The summed E-state index contributed by atoms with van der Waals surface area (Å²) in [6, 6.07) is 1.89. The van der Waals surface area contributed by atoms with Crippen LogP contribution >= 0.6 is 0 Å². The van der Waals surface area contributed by atoms with Crippen molar-refractivity contribution in [1.29, 1.82) is 0 Å². The Labute approximate surface area is 112 Å². The lowest BCUT2D eigenvalue weighted by Gasteiger charge is -2.26. The highest BCUT2D eigenvalue weighted by molar-refractivity contribution is 5.04. The van der Waals surface area contributed by atoms with E-state index in [0.29, 0.717) is 6.61 Å². The molecule has 3 rings (SSSR count). The standard InChI is InChI=1S/C14H20O5/c1-4-14(3)18-12-11(9(2)17-13(12)19-14)16-8-10-5-6-15-7-10/h5-7,9,11-13H,4,8H2,1-3H3/t9-,11+,12-,13-,14?/m1/s1. The third-order valence-corrected chi connectivity index (χ3v) is 3.82. The second-order valence-corrected chi connectivity index (χ2v) is 5.30. The molecular weight excluding hydrogens is 248 g/mol. The smallest absolute Gasteiger partial charge is 0.190 e. The van der Waals surface area contributed by atoms with Crippen LogP contribution in [0.15, 0.2) is 23.0 Å². The second-order valence-electron chi connectivity index (χ2n) is 5.30. The van der Waals surface area contributed by atoms with Gasteiger partial charge in [0.25, 0.3) is 0 Å². The summed E-state index contributed by atoms with van der Waals surface area (Å²) in [4.78, 5) is 0. The Hall–Kier alpha value is -0.880. The van der Waals surface area contributed by atoms with Gasteiger partial charge in [-0.3, -0.25) is 0 Å². The molecule has 19 heavy (non-hydrogen) atoms. The molecular formula is C14H20O5. The van der Waals surface area contributed by atoms with Crippen LogP contribution in [-0.2, 0) is 25.6 Å². The van der Waals surface area contributed by atoms with Crippen molar-refractivity contribution in [2.45, 2.75) is 64.2 Å². The molecule has 0 amide bonds. The van der Waals surface area contributed by atoms with Gasteiger partial charge in [-0.25, -0.2) is 0 Å². The van der Waals surface area contributed by atoms with Crippen molar-refractivity contribution >= 4 is 0 Å². The minimum Gasteiger partial charge on any atom is -0.472 e. The molecule has 0 N–H and O–H groups in total. The minimum absolute atomic E-state index is 0.0386. The lowest BCUT2D eigenvalue weighted by Crippen LogP contribution is -2.36. The molecule has 2 fully saturated rings. The van der Waals surface area contributed by atoms with Crippen LogP contribution in [0.5, 0.6) is 0 Å². The Morgan fingerprint density at radius 3 is 2.89 bits per heavy atom. The number of fused-ring (bicyclic) bond motifs is 1. The molecule has 0 radical (unpaired) electrons. The zero-order valence-corrected chi connectivity index (χ0v) is 11.5. The monoisotopic (exact) mass is 268 g/mol. The third kappa shape index (κ3) is 2.43. The van der Waals surface area contributed by atoms with E-state index in [1.54, 1.807) is 12.5 Å². The molecule has 2 saturated heterocycles. The van der Waals surface area contributed by atoms with Crippen LogP contribution in [0.1, 0.15) is 32.8 Å². The number of furan rings is 1. The highest BCUT2D eigenvalue weighted by atomic mass is 16.8. The zero-order chi connectivity index (χ0) is 13.5. The van der Waals surface area contributed by atoms with Gasteiger partial charge in [0, 0.05) is 5.56 Å². The van der Waals surface area contributed by atoms with Gasteiger partial charge in [-0.05, 0) is 26.3 Å². The molecule has 1 aromatic heterocycles. The first-order valence-corrected chi connectivity index (χ1v) is 6.75. The predicted octanol–water partition coefficient (Wildman–Crippen LogP) is 2.45. The summed E-state index contributed by atoms with van der Waals surface area (Å²) >= 11 is 0. The van der Waals surface area contributed by atoms with E-state index in [1.807, 2.05) is 26.8 Å². The molecule has 3 heterocycles. The summed E-state index contributed by atoms with van der Waals surface area (Å²) in [6.45, 7) is 6.44. The van der Waals surface area contributed by atoms with Crippen molar-refractivity contribution in [1.82, 2.24) is 0 Å². The van der Waals surface area contributed by atoms with Crippen LogP contribution in [0.3, 0.4) is 0 Å². The molecule has 1 aromatic rings. The van der Waals surface area contributed by atoms with Crippen molar-refractivity contribution < 1.29 is 23.4 Å². The largest absolute Gasteiger partial charge is 0.472 e. The molecule has 2 aliphatic rings. The number of hydrogen-bond acceptors (Lipinski definition) is 5. The molecule has 0 aromatic carbocycles. The average Bonchev–Trinajstić information content (AvgIpc) is 3.04. The quantitative estimate of drug-likeness (QED) is 0.839. The van der Waals surface area contributed by atoms with E-state index in [0.717, 1.165) is 12.0 Å². The van der Waals surface area contributed by atoms with E-state index < -0.39 is 5.79 Å². The fourth-order valence-electron chi connectivity index (χ4n) is 2.53. The summed E-state index contributed by atoms with van der Waals surface area (Å²) in [5.74, 6) is -0.563. The van der Waals surface area contributed by atoms with Crippen LogP contribution in [-0.4, -0.2) is 30.4 Å². The van der Waals surface area contributed by atoms with E-state index in [9.17, 15) is 0 Å². The lowest BCUT2D eigenvalue weighted by atomic mass is 10.1. The summed E-state index contributed by atoms with van der Waals surface area (Å²) in [5, 5.41) is 0. The molecule has 5 atom stereocenters. The first kappa shape index (κ1) is 13.1. The number of ether oxygens (including phenoxy) is 4. The summed E-state index contributed by atoms with van der Waals surface area (Å²) in [5.41, 5.74) is 1.01. The lowest BCUT2D eigenvalue weighted by molar-refractivity contribution is -0.227. The normalized spacial score (nSPS) is 41.6. The minimum atomic E-state index is -0.563. The van der Waals surface area contributed by atoms with Gasteiger partial charge >= 0.3 is 0 Å². The zero-order valence-electron chi connectivity index (χ0n) is 11.5. The Morgan fingerprint density at radius 2 is 2.21 bits per heavy atom. The highest BCUT2D eigenvalue weighted by Gasteiger charge is 2.54. The maximum Gasteiger partial charge on any atom is 0.190 e. The highest BCUT2D eigenvalue weighted by Crippen LogP contribution is 2.40. The van der Waals surface area contributed by atoms with Crippen LogP contribution in [0.2, 0.25) is 0 Å². The maximum atomic E-state index is 5.98.